The minimum absolute atomic E-state index is 0.0122. The largest absolute Gasteiger partial charge is 0.355 e. The van der Waals surface area contributed by atoms with E-state index in [9.17, 15) is 4.79 Å². The van der Waals surface area contributed by atoms with Crippen molar-refractivity contribution in [1.82, 2.24) is 20.1 Å². The summed E-state index contributed by atoms with van der Waals surface area (Å²) in [5, 5.41) is 15.0. The second kappa shape index (κ2) is 10.8. The molecule has 0 saturated carbocycles. The Balaban J connectivity index is 1.50. The van der Waals surface area contributed by atoms with Gasteiger partial charge in [-0.15, -0.1) is 21.5 Å². The highest BCUT2D eigenvalue weighted by Gasteiger charge is 2.21. The number of halogens is 1. The number of nitrogens with zero attached hydrogens (tertiary/aromatic N) is 3. The van der Waals surface area contributed by atoms with E-state index in [1.807, 2.05) is 65.4 Å². The van der Waals surface area contributed by atoms with E-state index in [0.29, 0.717) is 23.1 Å². The molecule has 4 aromatic rings. The van der Waals surface area contributed by atoms with Crippen molar-refractivity contribution in [3.05, 3.63) is 93.4 Å². The zero-order valence-corrected chi connectivity index (χ0v) is 20.0. The van der Waals surface area contributed by atoms with Crippen molar-refractivity contribution < 1.29 is 4.79 Å². The number of thiophene rings is 1. The van der Waals surface area contributed by atoms with Crippen LogP contribution < -0.4 is 5.32 Å². The number of benzene rings is 2. The number of carbonyl (C=O) groups excluding carboxylic acids is 1. The third-order valence-electron chi connectivity index (χ3n) is 4.89. The second-order valence-electron chi connectivity index (χ2n) is 7.25. The fraction of sp³-hybridized carbons (Fsp3) is 0.208. The van der Waals surface area contributed by atoms with Gasteiger partial charge in [-0.1, -0.05) is 59.8 Å². The second-order valence-corrected chi connectivity index (χ2v) is 10.0. The molecule has 0 aliphatic heterocycles. The summed E-state index contributed by atoms with van der Waals surface area (Å²) in [6.45, 7) is 2.51. The van der Waals surface area contributed by atoms with Crippen LogP contribution in [0.15, 0.2) is 77.3 Å². The van der Waals surface area contributed by atoms with Crippen molar-refractivity contribution in [3.63, 3.8) is 0 Å². The van der Waals surface area contributed by atoms with Crippen molar-refractivity contribution in [3.8, 4) is 5.69 Å². The number of thioether (sulfide) groups is 1. The van der Waals surface area contributed by atoms with E-state index in [1.165, 1.54) is 16.6 Å². The monoisotopic (exact) mass is 482 g/mol. The standard InChI is InChI=1S/C24H23ClN4OS2/c1-17(23(30)26-14-13-21-8-5-15-31-21)32-24-28-27-22(16-18-6-3-2-4-7-18)29(24)20-11-9-19(25)10-12-20/h2-12,15,17H,13-14,16H2,1H3,(H,26,30). The van der Waals surface area contributed by atoms with Crippen LogP contribution in [0.5, 0.6) is 0 Å². The molecule has 1 atom stereocenters. The Morgan fingerprint density at radius 2 is 1.88 bits per heavy atom. The van der Waals surface area contributed by atoms with Crippen LogP contribution in [-0.2, 0) is 17.6 Å². The summed E-state index contributed by atoms with van der Waals surface area (Å²) in [5.41, 5.74) is 2.06. The molecule has 0 bridgehead atoms. The van der Waals surface area contributed by atoms with Crippen LogP contribution in [-0.4, -0.2) is 32.5 Å². The summed E-state index contributed by atoms with van der Waals surface area (Å²) < 4.78 is 2.00. The van der Waals surface area contributed by atoms with Gasteiger partial charge in [0.15, 0.2) is 5.16 Å². The molecule has 1 N–H and O–H groups in total. The molecule has 5 nitrogen and oxygen atoms in total. The van der Waals surface area contributed by atoms with Gasteiger partial charge in [0.05, 0.1) is 5.25 Å². The van der Waals surface area contributed by atoms with E-state index < -0.39 is 0 Å². The van der Waals surface area contributed by atoms with Crippen LogP contribution in [0.2, 0.25) is 5.02 Å². The van der Waals surface area contributed by atoms with Crippen molar-refractivity contribution >= 4 is 40.6 Å². The maximum Gasteiger partial charge on any atom is 0.233 e. The van der Waals surface area contributed by atoms with E-state index in [1.54, 1.807) is 11.3 Å². The Morgan fingerprint density at radius 3 is 2.59 bits per heavy atom. The lowest BCUT2D eigenvalue weighted by molar-refractivity contribution is -0.120. The maximum absolute atomic E-state index is 12.7. The Hall–Kier alpha value is -2.61. The Kier molecular flexibility index (Phi) is 7.63. The molecule has 32 heavy (non-hydrogen) atoms. The molecule has 4 rings (SSSR count). The molecule has 0 saturated heterocycles. The highest BCUT2D eigenvalue weighted by molar-refractivity contribution is 8.00. The quantitative estimate of drug-likeness (QED) is 0.324. The number of hydrogen-bond donors (Lipinski definition) is 1. The molecule has 0 aliphatic rings. The summed E-state index contributed by atoms with van der Waals surface area (Å²) in [6, 6.07) is 21.8. The van der Waals surface area contributed by atoms with E-state index in [-0.39, 0.29) is 11.2 Å². The highest BCUT2D eigenvalue weighted by atomic mass is 35.5. The van der Waals surface area contributed by atoms with Gasteiger partial charge in [-0.2, -0.15) is 0 Å². The lowest BCUT2D eigenvalue weighted by Gasteiger charge is -2.14. The minimum Gasteiger partial charge on any atom is -0.355 e. The normalized spacial score (nSPS) is 11.9. The SMILES string of the molecule is CC(Sc1nnc(Cc2ccccc2)n1-c1ccc(Cl)cc1)C(=O)NCCc1cccs1. The van der Waals surface area contributed by atoms with Gasteiger partial charge in [-0.05, 0) is 54.6 Å². The molecule has 0 aliphatic carbocycles. The minimum atomic E-state index is -0.307. The zero-order valence-electron chi connectivity index (χ0n) is 17.6. The van der Waals surface area contributed by atoms with Crippen LogP contribution in [0.1, 0.15) is 23.2 Å². The van der Waals surface area contributed by atoms with Gasteiger partial charge in [0.2, 0.25) is 5.91 Å². The average molecular weight is 483 g/mol. The first kappa shape index (κ1) is 22.6. The smallest absolute Gasteiger partial charge is 0.233 e. The van der Waals surface area contributed by atoms with E-state index in [2.05, 4.69) is 33.7 Å². The third kappa shape index (κ3) is 5.79. The van der Waals surface area contributed by atoms with Crippen LogP contribution in [0.3, 0.4) is 0 Å². The number of rotatable bonds is 9. The first-order chi connectivity index (χ1) is 15.6. The van der Waals surface area contributed by atoms with Gasteiger partial charge in [0.25, 0.3) is 0 Å². The van der Waals surface area contributed by atoms with Crippen molar-refractivity contribution in [2.75, 3.05) is 6.54 Å². The van der Waals surface area contributed by atoms with Gasteiger partial charge in [-0.25, -0.2) is 0 Å². The molecule has 2 heterocycles. The summed E-state index contributed by atoms with van der Waals surface area (Å²) in [6.07, 6.45) is 1.47. The number of hydrogen-bond acceptors (Lipinski definition) is 5. The number of amides is 1. The number of nitrogens with one attached hydrogen (secondary N) is 1. The Labute approximate surface area is 200 Å². The van der Waals surface area contributed by atoms with Gasteiger partial charge in [0, 0.05) is 28.6 Å². The lowest BCUT2D eigenvalue weighted by Crippen LogP contribution is -2.32. The van der Waals surface area contributed by atoms with Crippen molar-refractivity contribution in [2.24, 2.45) is 0 Å². The van der Waals surface area contributed by atoms with Crippen molar-refractivity contribution in [2.45, 2.75) is 30.2 Å². The van der Waals surface area contributed by atoms with Crippen LogP contribution in [0.25, 0.3) is 5.69 Å². The van der Waals surface area contributed by atoms with Crippen LogP contribution in [0, 0.1) is 0 Å². The zero-order chi connectivity index (χ0) is 22.3. The predicted molar refractivity (Wildman–Crippen MR) is 132 cm³/mol. The number of carbonyl (C=O) groups is 1. The van der Waals surface area contributed by atoms with E-state index >= 15 is 0 Å². The molecular formula is C24H23ClN4OS2. The number of aromatic nitrogens is 3. The fourth-order valence-corrected chi connectivity index (χ4v) is 4.98. The Bertz CT molecular complexity index is 1140. The molecule has 0 radical (unpaired) electrons. The predicted octanol–water partition coefficient (Wildman–Crippen LogP) is 5.41. The van der Waals surface area contributed by atoms with Gasteiger partial charge in [0.1, 0.15) is 5.82 Å². The molecular weight excluding hydrogens is 460 g/mol. The highest BCUT2D eigenvalue weighted by Crippen LogP contribution is 2.27. The van der Waals surface area contributed by atoms with E-state index in [0.717, 1.165) is 23.5 Å². The molecule has 8 heteroatoms. The Morgan fingerprint density at radius 1 is 1.09 bits per heavy atom. The molecule has 2 aromatic carbocycles. The summed E-state index contributed by atoms with van der Waals surface area (Å²) >= 11 is 9.20. The summed E-state index contributed by atoms with van der Waals surface area (Å²) in [5.74, 6) is 0.799. The third-order valence-corrected chi connectivity index (χ3v) is 7.12. The molecule has 0 fully saturated rings. The van der Waals surface area contributed by atoms with Gasteiger partial charge < -0.3 is 5.32 Å². The summed E-state index contributed by atoms with van der Waals surface area (Å²) in [7, 11) is 0. The van der Waals surface area contributed by atoms with Crippen molar-refractivity contribution in [1.29, 1.82) is 0 Å². The molecule has 2 aromatic heterocycles. The van der Waals surface area contributed by atoms with Crippen LogP contribution >= 0.6 is 34.7 Å². The van der Waals surface area contributed by atoms with E-state index in [4.69, 9.17) is 11.6 Å². The first-order valence-corrected chi connectivity index (χ1v) is 12.4. The average Bonchev–Trinajstić information content (AvgIpc) is 3.45. The molecule has 1 amide bonds. The fourth-order valence-electron chi connectivity index (χ4n) is 3.24. The molecule has 164 valence electrons. The lowest BCUT2D eigenvalue weighted by atomic mass is 10.1. The first-order valence-electron chi connectivity index (χ1n) is 10.3. The van der Waals surface area contributed by atoms with Gasteiger partial charge in [-0.3, -0.25) is 9.36 Å². The summed E-state index contributed by atoms with van der Waals surface area (Å²) in [4.78, 5) is 13.9. The van der Waals surface area contributed by atoms with Gasteiger partial charge >= 0.3 is 0 Å². The molecule has 0 spiro atoms. The molecule has 1 unspecified atom stereocenters. The maximum atomic E-state index is 12.7. The van der Waals surface area contributed by atoms with Crippen LogP contribution in [0.4, 0.5) is 0 Å². The topological polar surface area (TPSA) is 59.8 Å².